The third-order valence-corrected chi connectivity index (χ3v) is 3.56. The summed E-state index contributed by atoms with van der Waals surface area (Å²) in [6, 6.07) is 10.4. The van der Waals surface area contributed by atoms with Gasteiger partial charge < -0.3 is 10.1 Å². The highest BCUT2D eigenvalue weighted by atomic mass is 35.5. The van der Waals surface area contributed by atoms with E-state index < -0.39 is 0 Å². The van der Waals surface area contributed by atoms with Crippen molar-refractivity contribution in [3.63, 3.8) is 0 Å². The van der Waals surface area contributed by atoms with E-state index in [-0.39, 0.29) is 11.9 Å². The first-order chi connectivity index (χ1) is 9.51. The van der Waals surface area contributed by atoms with Crippen LogP contribution in [0.25, 0.3) is 0 Å². The minimum absolute atomic E-state index is 0.171. The van der Waals surface area contributed by atoms with Crippen molar-refractivity contribution >= 4 is 11.6 Å². The van der Waals surface area contributed by atoms with E-state index in [0.29, 0.717) is 22.1 Å². The molecule has 0 spiro atoms. The third kappa shape index (κ3) is 3.30. The van der Waals surface area contributed by atoms with Gasteiger partial charge in [-0.2, -0.15) is 0 Å². The van der Waals surface area contributed by atoms with Gasteiger partial charge in [0, 0.05) is 11.1 Å². The van der Waals surface area contributed by atoms with Crippen molar-refractivity contribution in [2.45, 2.75) is 19.9 Å². The van der Waals surface area contributed by atoms with E-state index in [4.69, 9.17) is 16.3 Å². The van der Waals surface area contributed by atoms with Crippen molar-refractivity contribution in [1.29, 1.82) is 0 Å². The van der Waals surface area contributed by atoms with Gasteiger partial charge in [-0.1, -0.05) is 17.7 Å². The molecule has 0 aromatic heterocycles. The molecule has 0 aliphatic heterocycles. The summed E-state index contributed by atoms with van der Waals surface area (Å²) in [7, 11) is 1.88. The molecule has 106 valence electrons. The van der Waals surface area contributed by atoms with Crippen LogP contribution in [0.1, 0.15) is 24.1 Å². The van der Waals surface area contributed by atoms with Crippen LogP contribution in [0.3, 0.4) is 0 Å². The van der Waals surface area contributed by atoms with Crippen molar-refractivity contribution in [2.24, 2.45) is 0 Å². The molecule has 0 fully saturated rings. The van der Waals surface area contributed by atoms with E-state index in [1.807, 2.05) is 26.1 Å². The largest absolute Gasteiger partial charge is 0.457 e. The van der Waals surface area contributed by atoms with Crippen molar-refractivity contribution in [3.05, 3.63) is 58.4 Å². The lowest BCUT2D eigenvalue weighted by Gasteiger charge is -2.14. The fourth-order valence-corrected chi connectivity index (χ4v) is 2.23. The lowest BCUT2D eigenvalue weighted by atomic mass is 10.1. The molecule has 2 aromatic carbocycles. The maximum Gasteiger partial charge on any atom is 0.128 e. The number of rotatable bonds is 4. The second-order valence-corrected chi connectivity index (χ2v) is 5.11. The Hall–Kier alpha value is -1.58. The number of aryl methyl sites for hydroxylation is 1. The maximum absolute atomic E-state index is 13.2. The van der Waals surface area contributed by atoms with Crippen molar-refractivity contribution in [3.8, 4) is 11.5 Å². The van der Waals surface area contributed by atoms with E-state index in [2.05, 4.69) is 5.32 Å². The van der Waals surface area contributed by atoms with Gasteiger partial charge in [-0.25, -0.2) is 4.39 Å². The smallest absolute Gasteiger partial charge is 0.128 e. The van der Waals surface area contributed by atoms with Gasteiger partial charge in [-0.15, -0.1) is 0 Å². The van der Waals surface area contributed by atoms with Crippen molar-refractivity contribution < 1.29 is 9.13 Å². The standard InChI is InChI=1S/C16H17ClFNO/c1-10-8-12(5-7-16(10)18)20-13-4-6-14(11(2)19-3)15(17)9-13/h4-9,11,19H,1-3H3. The molecule has 0 saturated carbocycles. The predicted molar refractivity (Wildman–Crippen MR) is 80.1 cm³/mol. The number of hydrogen-bond donors (Lipinski definition) is 1. The molecule has 1 unspecified atom stereocenters. The molecule has 4 heteroatoms. The highest BCUT2D eigenvalue weighted by molar-refractivity contribution is 6.31. The van der Waals surface area contributed by atoms with Crippen LogP contribution in [0.4, 0.5) is 4.39 Å². The van der Waals surface area contributed by atoms with E-state index in [9.17, 15) is 4.39 Å². The molecule has 0 aliphatic carbocycles. The number of ether oxygens (including phenoxy) is 1. The highest BCUT2D eigenvalue weighted by Crippen LogP contribution is 2.30. The normalized spacial score (nSPS) is 12.2. The molecule has 2 rings (SSSR count). The average Bonchev–Trinajstić information content (AvgIpc) is 2.42. The van der Waals surface area contributed by atoms with Crippen LogP contribution in [0.2, 0.25) is 5.02 Å². The van der Waals surface area contributed by atoms with Gasteiger partial charge in [0.2, 0.25) is 0 Å². The Kier molecular flexibility index (Phi) is 4.63. The first kappa shape index (κ1) is 14.8. The molecule has 0 heterocycles. The highest BCUT2D eigenvalue weighted by Gasteiger charge is 2.09. The van der Waals surface area contributed by atoms with Gasteiger partial charge in [-0.05, 0) is 62.4 Å². The Morgan fingerprint density at radius 1 is 1.15 bits per heavy atom. The second kappa shape index (κ2) is 6.25. The Morgan fingerprint density at radius 3 is 2.40 bits per heavy atom. The molecule has 0 bridgehead atoms. The zero-order valence-corrected chi connectivity index (χ0v) is 12.5. The summed E-state index contributed by atoms with van der Waals surface area (Å²) in [5.74, 6) is 0.982. The van der Waals surface area contributed by atoms with Gasteiger partial charge in [-0.3, -0.25) is 0 Å². The topological polar surface area (TPSA) is 21.3 Å². The first-order valence-corrected chi connectivity index (χ1v) is 6.79. The molecule has 0 amide bonds. The van der Waals surface area contributed by atoms with Crippen LogP contribution >= 0.6 is 11.6 Å². The predicted octanol–water partition coefficient (Wildman–Crippen LogP) is 4.86. The molecule has 2 aromatic rings. The van der Waals surface area contributed by atoms with Crippen LogP contribution in [-0.4, -0.2) is 7.05 Å². The minimum atomic E-state index is -0.242. The fraction of sp³-hybridized carbons (Fsp3) is 0.250. The van der Waals surface area contributed by atoms with Gasteiger partial charge >= 0.3 is 0 Å². The molecule has 1 N–H and O–H groups in total. The summed E-state index contributed by atoms with van der Waals surface area (Å²) in [6.45, 7) is 3.73. The van der Waals surface area contributed by atoms with E-state index >= 15 is 0 Å². The molecule has 20 heavy (non-hydrogen) atoms. The molecule has 2 nitrogen and oxygen atoms in total. The van der Waals surface area contributed by atoms with Crippen LogP contribution in [0.5, 0.6) is 11.5 Å². The Balaban J connectivity index is 2.22. The third-order valence-electron chi connectivity index (χ3n) is 3.24. The number of benzene rings is 2. The van der Waals surface area contributed by atoms with E-state index in [0.717, 1.165) is 5.56 Å². The lowest BCUT2D eigenvalue weighted by molar-refractivity contribution is 0.479. The number of hydrogen-bond acceptors (Lipinski definition) is 2. The molecule has 0 aliphatic rings. The zero-order chi connectivity index (χ0) is 14.7. The maximum atomic E-state index is 13.2. The molecule has 0 saturated heterocycles. The molecule has 0 radical (unpaired) electrons. The van der Waals surface area contributed by atoms with Gasteiger partial charge in [0.05, 0.1) is 0 Å². The summed E-state index contributed by atoms with van der Waals surface area (Å²) in [5.41, 5.74) is 1.56. The van der Waals surface area contributed by atoms with E-state index in [1.165, 1.54) is 6.07 Å². The van der Waals surface area contributed by atoms with Crippen LogP contribution < -0.4 is 10.1 Å². The summed E-state index contributed by atoms with van der Waals surface area (Å²) in [4.78, 5) is 0. The summed E-state index contributed by atoms with van der Waals surface area (Å²) in [6.07, 6.45) is 0. The Labute approximate surface area is 123 Å². The van der Waals surface area contributed by atoms with Crippen molar-refractivity contribution in [1.82, 2.24) is 5.32 Å². The Bertz CT molecular complexity index is 615. The SMILES string of the molecule is CNC(C)c1ccc(Oc2ccc(F)c(C)c2)cc1Cl. The molecular formula is C16H17ClFNO. The second-order valence-electron chi connectivity index (χ2n) is 4.71. The molecular weight excluding hydrogens is 277 g/mol. The first-order valence-electron chi connectivity index (χ1n) is 6.42. The summed E-state index contributed by atoms with van der Waals surface area (Å²) >= 11 is 6.25. The van der Waals surface area contributed by atoms with Crippen molar-refractivity contribution in [2.75, 3.05) is 7.05 Å². The summed E-state index contributed by atoms with van der Waals surface area (Å²) in [5, 5.41) is 3.78. The van der Waals surface area contributed by atoms with Gasteiger partial charge in [0.25, 0.3) is 0 Å². The molecule has 1 atom stereocenters. The van der Waals surface area contributed by atoms with Crippen LogP contribution in [0, 0.1) is 12.7 Å². The Morgan fingerprint density at radius 2 is 1.80 bits per heavy atom. The summed E-state index contributed by atoms with van der Waals surface area (Å²) < 4.78 is 18.9. The van der Waals surface area contributed by atoms with Crippen LogP contribution in [-0.2, 0) is 0 Å². The quantitative estimate of drug-likeness (QED) is 0.869. The fourth-order valence-electron chi connectivity index (χ4n) is 1.89. The number of halogens is 2. The van der Waals surface area contributed by atoms with Gasteiger partial charge in [0.1, 0.15) is 17.3 Å². The van der Waals surface area contributed by atoms with E-state index in [1.54, 1.807) is 25.1 Å². The monoisotopic (exact) mass is 293 g/mol. The lowest BCUT2D eigenvalue weighted by Crippen LogP contribution is -2.12. The van der Waals surface area contributed by atoms with Crippen LogP contribution in [0.15, 0.2) is 36.4 Å². The number of nitrogens with one attached hydrogen (secondary N) is 1. The zero-order valence-electron chi connectivity index (χ0n) is 11.7. The minimum Gasteiger partial charge on any atom is -0.457 e. The average molecular weight is 294 g/mol. The van der Waals surface area contributed by atoms with Gasteiger partial charge in [0.15, 0.2) is 0 Å².